The van der Waals surface area contributed by atoms with Crippen LogP contribution in [-0.2, 0) is 11.3 Å². The predicted molar refractivity (Wildman–Crippen MR) is 94.4 cm³/mol. The molecule has 3 heterocycles. The number of nitrogens with zero attached hydrogens (tertiary/aromatic N) is 2. The molecular formula is C19H18FN3O4. The summed E-state index contributed by atoms with van der Waals surface area (Å²) in [5.74, 6) is -0.157. The second kappa shape index (κ2) is 6.86. The second-order valence-electron chi connectivity index (χ2n) is 6.29. The summed E-state index contributed by atoms with van der Waals surface area (Å²) in [5.41, 5.74) is 0.978. The van der Waals surface area contributed by atoms with Crippen LogP contribution in [0.25, 0.3) is 0 Å². The number of fused-ring (bicyclic) bond motifs is 1. The van der Waals surface area contributed by atoms with E-state index in [1.54, 1.807) is 18.2 Å². The maximum absolute atomic E-state index is 14.3. The van der Waals surface area contributed by atoms with Crippen molar-refractivity contribution in [1.82, 2.24) is 10.3 Å². The van der Waals surface area contributed by atoms with Gasteiger partial charge in [-0.15, -0.1) is 0 Å². The number of halogens is 1. The van der Waals surface area contributed by atoms with E-state index in [0.717, 1.165) is 0 Å². The van der Waals surface area contributed by atoms with Crippen LogP contribution in [0.2, 0.25) is 0 Å². The number of amides is 2. The number of carbonyl (C=O) groups excluding carboxylic acids is 2. The predicted octanol–water partition coefficient (Wildman–Crippen LogP) is 2.05. The Morgan fingerprint density at radius 3 is 2.93 bits per heavy atom. The van der Waals surface area contributed by atoms with E-state index >= 15 is 0 Å². The molecule has 2 amide bonds. The molecule has 7 nitrogen and oxygen atoms in total. The number of pyridine rings is 1. The summed E-state index contributed by atoms with van der Waals surface area (Å²) in [6.45, 7) is 2.93. The maximum atomic E-state index is 14.3. The van der Waals surface area contributed by atoms with Gasteiger partial charge in [-0.05, 0) is 25.1 Å². The molecule has 1 saturated heterocycles. The molecule has 2 aliphatic rings. The van der Waals surface area contributed by atoms with E-state index in [1.165, 1.54) is 17.2 Å². The fraction of sp³-hybridized carbons (Fsp3) is 0.316. The maximum Gasteiger partial charge on any atom is 0.268 e. The van der Waals surface area contributed by atoms with Crippen molar-refractivity contribution in [2.24, 2.45) is 0 Å². The number of aromatic nitrogens is 1. The molecule has 2 aromatic rings. The monoisotopic (exact) mass is 371 g/mol. The van der Waals surface area contributed by atoms with E-state index in [9.17, 15) is 14.0 Å². The normalized spacial score (nSPS) is 18.4. The summed E-state index contributed by atoms with van der Waals surface area (Å²) in [6.07, 6.45) is 1.27. The highest BCUT2D eigenvalue weighted by Crippen LogP contribution is 2.30. The van der Waals surface area contributed by atoms with Crippen LogP contribution in [-0.4, -0.2) is 36.1 Å². The fourth-order valence-corrected chi connectivity index (χ4v) is 3.28. The number of ether oxygens (including phenoxy) is 2. The van der Waals surface area contributed by atoms with Gasteiger partial charge in [0, 0.05) is 42.4 Å². The SMILES string of the molecule is CCOc1ccc(OC2CCN(c3cc(F)c4c(c3)C(=O)NC4)C2=O)cn1. The first-order chi connectivity index (χ1) is 13.1. The van der Waals surface area contributed by atoms with E-state index in [0.29, 0.717) is 42.5 Å². The quantitative estimate of drug-likeness (QED) is 0.870. The Morgan fingerprint density at radius 2 is 2.19 bits per heavy atom. The van der Waals surface area contributed by atoms with Crippen LogP contribution >= 0.6 is 0 Å². The highest BCUT2D eigenvalue weighted by atomic mass is 19.1. The van der Waals surface area contributed by atoms with Crippen LogP contribution in [0.1, 0.15) is 29.3 Å². The number of anilines is 1. The zero-order valence-corrected chi connectivity index (χ0v) is 14.7. The summed E-state index contributed by atoms with van der Waals surface area (Å²) in [5, 5.41) is 2.59. The van der Waals surface area contributed by atoms with Crippen molar-refractivity contribution in [2.45, 2.75) is 26.0 Å². The smallest absolute Gasteiger partial charge is 0.268 e. The van der Waals surface area contributed by atoms with Crippen molar-refractivity contribution in [1.29, 1.82) is 0 Å². The largest absolute Gasteiger partial charge is 0.479 e. The van der Waals surface area contributed by atoms with E-state index in [1.807, 2.05) is 6.92 Å². The molecule has 1 unspecified atom stereocenters. The van der Waals surface area contributed by atoms with Crippen molar-refractivity contribution in [3.63, 3.8) is 0 Å². The van der Waals surface area contributed by atoms with Crippen molar-refractivity contribution in [3.8, 4) is 11.6 Å². The Bertz CT molecular complexity index is 901. The molecule has 1 aromatic heterocycles. The Morgan fingerprint density at radius 1 is 1.33 bits per heavy atom. The average molecular weight is 371 g/mol. The Kier molecular flexibility index (Phi) is 4.39. The highest BCUT2D eigenvalue weighted by Gasteiger charge is 2.36. The summed E-state index contributed by atoms with van der Waals surface area (Å²) < 4.78 is 25.3. The number of benzene rings is 1. The molecule has 140 valence electrons. The lowest BCUT2D eigenvalue weighted by molar-refractivity contribution is -0.122. The van der Waals surface area contributed by atoms with Crippen LogP contribution in [0, 0.1) is 5.82 Å². The minimum Gasteiger partial charge on any atom is -0.479 e. The third kappa shape index (κ3) is 3.18. The lowest BCUT2D eigenvalue weighted by atomic mass is 10.1. The summed E-state index contributed by atoms with van der Waals surface area (Å²) in [6, 6.07) is 6.20. The standard InChI is InChI=1S/C19H18FN3O4/c1-2-26-17-4-3-12(9-21-17)27-16-5-6-23(19(16)25)11-7-13-14(15(20)8-11)10-22-18(13)24/h3-4,7-9,16H,2,5-6,10H2,1H3,(H,22,24). The molecule has 0 saturated carbocycles. The zero-order valence-electron chi connectivity index (χ0n) is 14.7. The molecule has 1 N–H and O–H groups in total. The van der Waals surface area contributed by atoms with E-state index in [2.05, 4.69) is 10.3 Å². The van der Waals surface area contributed by atoms with Gasteiger partial charge >= 0.3 is 0 Å². The molecule has 4 rings (SSSR count). The first-order valence-electron chi connectivity index (χ1n) is 8.74. The van der Waals surface area contributed by atoms with Crippen LogP contribution in [0.4, 0.5) is 10.1 Å². The van der Waals surface area contributed by atoms with Gasteiger partial charge in [0.15, 0.2) is 6.10 Å². The van der Waals surface area contributed by atoms with Crippen molar-refractivity contribution in [3.05, 3.63) is 47.4 Å². The van der Waals surface area contributed by atoms with Gasteiger partial charge in [0.1, 0.15) is 11.6 Å². The summed E-state index contributed by atoms with van der Waals surface area (Å²) >= 11 is 0. The molecule has 0 radical (unpaired) electrons. The fourth-order valence-electron chi connectivity index (χ4n) is 3.28. The van der Waals surface area contributed by atoms with Crippen molar-refractivity contribution >= 4 is 17.5 Å². The average Bonchev–Trinajstić information content (AvgIpc) is 3.21. The minimum absolute atomic E-state index is 0.171. The third-order valence-corrected chi connectivity index (χ3v) is 4.60. The van der Waals surface area contributed by atoms with E-state index in [4.69, 9.17) is 9.47 Å². The summed E-state index contributed by atoms with van der Waals surface area (Å²) in [7, 11) is 0. The van der Waals surface area contributed by atoms with Gasteiger partial charge in [-0.2, -0.15) is 0 Å². The van der Waals surface area contributed by atoms with Gasteiger partial charge in [0.2, 0.25) is 5.88 Å². The molecule has 1 atom stereocenters. The van der Waals surface area contributed by atoms with Crippen LogP contribution < -0.4 is 19.7 Å². The Labute approximate surface area is 155 Å². The zero-order chi connectivity index (χ0) is 19.0. The molecular weight excluding hydrogens is 353 g/mol. The number of rotatable bonds is 5. The van der Waals surface area contributed by atoms with Crippen molar-refractivity contribution < 1.29 is 23.5 Å². The van der Waals surface area contributed by atoms with E-state index in [-0.39, 0.29) is 23.9 Å². The number of nitrogens with one attached hydrogen (secondary N) is 1. The molecule has 27 heavy (non-hydrogen) atoms. The van der Waals surface area contributed by atoms with E-state index < -0.39 is 11.9 Å². The topological polar surface area (TPSA) is 80.8 Å². The molecule has 8 heteroatoms. The molecule has 0 bridgehead atoms. The molecule has 1 fully saturated rings. The molecule has 2 aliphatic heterocycles. The summed E-state index contributed by atoms with van der Waals surface area (Å²) in [4.78, 5) is 30.1. The van der Waals surface area contributed by atoms with Crippen LogP contribution in [0.3, 0.4) is 0 Å². The van der Waals surface area contributed by atoms with Gasteiger partial charge in [-0.1, -0.05) is 0 Å². The number of hydrogen-bond acceptors (Lipinski definition) is 5. The second-order valence-corrected chi connectivity index (χ2v) is 6.29. The lowest BCUT2D eigenvalue weighted by Crippen LogP contribution is -2.32. The van der Waals surface area contributed by atoms with Gasteiger partial charge in [0.05, 0.1) is 12.8 Å². The van der Waals surface area contributed by atoms with Gasteiger partial charge < -0.3 is 19.7 Å². The lowest BCUT2D eigenvalue weighted by Gasteiger charge is -2.18. The Balaban J connectivity index is 1.50. The molecule has 0 spiro atoms. The first-order valence-corrected chi connectivity index (χ1v) is 8.74. The van der Waals surface area contributed by atoms with Crippen molar-refractivity contribution in [2.75, 3.05) is 18.1 Å². The number of hydrogen-bond donors (Lipinski definition) is 1. The van der Waals surface area contributed by atoms with Gasteiger partial charge in [0.25, 0.3) is 11.8 Å². The molecule has 0 aliphatic carbocycles. The van der Waals surface area contributed by atoms with Crippen LogP contribution in [0.15, 0.2) is 30.5 Å². The third-order valence-electron chi connectivity index (χ3n) is 4.60. The van der Waals surface area contributed by atoms with Crippen LogP contribution in [0.5, 0.6) is 11.6 Å². The first kappa shape index (κ1) is 17.3. The number of carbonyl (C=O) groups is 2. The minimum atomic E-state index is -0.685. The van der Waals surface area contributed by atoms with Gasteiger partial charge in [-0.25, -0.2) is 9.37 Å². The van der Waals surface area contributed by atoms with Gasteiger partial charge in [-0.3, -0.25) is 9.59 Å². The Hall–Kier alpha value is -3.16. The molecule has 1 aromatic carbocycles. The highest BCUT2D eigenvalue weighted by molar-refractivity contribution is 6.03.